The lowest BCUT2D eigenvalue weighted by atomic mass is 10.0. The minimum absolute atomic E-state index is 0.108. The van der Waals surface area contributed by atoms with E-state index in [1.54, 1.807) is 0 Å². The first-order valence-corrected chi connectivity index (χ1v) is 6.31. The molecule has 1 fully saturated rings. The number of nitro groups is 1. The molecule has 1 heterocycles. The molecule has 2 atom stereocenters. The number of hydrogen-bond acceptors (Lipinski definition) is 4. The number of likely N-dealkylation sites (tertiary alicyclic amines) is 1. The average Bonchev–Trinajstić information content (AvgIpc) is 2.78. The number of nitro benzene ring substituents is 1. The zero-order valence-electron chi connectivity index (χ0n) is 11.0. The van der Waals surface area contributed by atoms with Crippen LogP contribution in [-0.2, 0) is 0 Å². The maximum absolute atomic E-state index is 13.3. The number of aliphatic hydroxyl groups excluding tert-OH is 1. The molecule has 1 aliphatic rings. The van der Waals surface area contributed by atoms with E-state index in [2.05, 4.69) is 0 Å². The van der Waals surface area contributed by atoms with Gasteiger partial charge in [-0.1, -0.05) is 6.92 Å². The predicted octanol–water partition coefficient (Wildman–Crippen LogP) is 1.58. The first-order valence-electron chi connectivity index (χ1n) is 6.31. The number of carbonyl (C=O) groups excluding carboxylic acids is 1. The van der Waals surface area contributed by atoms with Crippen LogP contribution in [-0.4, -0.2) is 40.0 Å². The Balaban J connectivity index is 2.38. The van der Waals surface area contributed by atoms with Crippen molar-refractivity contribution in [3.63, 3.8) is 0 Å². The van der Waals surface area contributed by atoms with E-state index in [0.29, 0.717) is 13.0 Å². The molecule has 1 aliphatic heterocycles. The standard InChI is InChI=1S/C13H15FN2O4/c1-8-4-5-15(12(8)7-17)13(18)10-6-9(14)2-3-11(10)16(19)20/h2-3,6,8,12,17H,4-5,7H2,1H3. The SMILES string of the molecule is CC1CCN(C(=O)c2cc(F)ccc2[N+](=O)[O-])C1CO. The minimum atomic E-state index is -0.708. The summed E-state index contributed by atoms with van der Waals surface area (Å²) in [5.41, 5.74) is -0.699. The van der Waals surface area contributed by atoms with Gasteiger partial charge in [0, 0.05) is 12.6 Å². The van der Waals surface area contributed by atoms with E-state index >= 15 is 0 Å². The van der Waals surface area contributed by atoms with Crippen LogP contribution in [0.1, 0.15) is 23.7 Å². The van der Waals surface area contributed by atoms with Crippen molar-refractivity contribution in [3.05, 3.63) is 39.7 Å². The largest absolute Gasteiger partial charge is 0.394 e. The molecule has 0 saturated carbocycles. The fourth-order valence-electron chi connectivity index (χ4n) is 2.53. The molecule has 0 radical (unpaired) electrons. The Bertz CT molecular complexity index is 549. The maximum Gasteiger partial charge on any atom is 0.282 e. The van der Waals surface area contributed by atoms with E-state index in [1.165, 1.54) is 4.90 Å². The van der Waals surface area contributed by atoms with Crippen LogP contribution in [0.15, 0.2) is 18.2 Å². The summed E-state index contributed by atoms with van der Waals surface area (Å²) in [7, 11) is 0. The Labute approximate surface area is 115 Å². The summed E-state index contributed by atoms with van der Waals surface area (Å²) in [6.07, 6.45) is 0.708. The molecule has 1 amide bonds. The number of benzene rings is 1. The van der Waals surface area contributed by atoms with Crippen LogP contribution in [0.2, 0.25) is 0 Å². The van der Waals surface area contributed by atoms with E-state index in [9.17, 15) is 24.4 Å². The monoisotopic (exact) mass is 282 g/mol. The summed E-state index contributed by atoms with van der Waals surface area (Å²) in [4.78, 5) is 24.0. The Morgan fingerprint density at radius 3 is 2.90 bits per heavy atom. The molecule has 0 aliphatic carbocycles. The molecule has 1 aromatic rings. The second kappa shape index (κ2) is 5.54. The summed E-state index contributed by atoms with van der Waals surface area (Å²) in [5, 5.41) is 20.3. The summed E-state index contributed by atoms with van der Waals surface area (Å²) >= 11 is 0. The van der Waals surface area contributed by atoms with Gasteiger partial charge in [-0.05, 0) is 24.5 Å². The first-order chi connectivity index (χ1) is 9.45. The zero-order valence-corrected chi connectivity index (χ0v) is 11.0. The van der Waals surface area contributed by atoms with E-state index < -0.39 is 22.3 Å². The highest BCUT2D eigenvalue weighted by atomic mass is 19.1. The van der Waals surface area contributed by atoms with E-state index in [-0.39, 0.29) is 24.1 Å². The Hall–Kier alpha value is -2.02. The summed E-state index contributed by atoms with van der Waals surface area (Å²) in [6, 6.07) is 2.42. The minimum Gasteiger partial charge on any atom is -0.394 e. The van der Waals surface area contributed by atoms with Gasteiger partial charge in [0.25, 0.3) is 11.6 Å². The van der Waals surface area contributed by atoms with Crippen molar-refractivity contribution in [3.8, 4) is 0 Å². The van der Waals surface area contributed by atoms with Gasteiger partial charge in [0.2, 0.25) is 0 Å². The molecule has 20 heavy (non-hydrogen) atoms. The molecular formula is C13H15FN2O4. The van der Waals surface area contributed by atoms with Gasteiger partial charge < -0.3 is 10.0 Å². The molecule has 2 rings (SSSR count). The second-order valence-corrected chi connectivity index (χ2v) is 4.93. The highest BCUT2D eigenvalue weighted by Crippen LogP contribution is 2.28. The number of aliphatic hydroxyl groups is 1. The Morgan fingerprint density at radius 2 is 2.30 bits per heavy atom. The van der Waals surface area contributed by atoms with Crippen LogP contribution < -0.4 is 0 Å². The zero-order chi connectivity index (χ0) is 14.9. The third-order valence-electron chi connectivity index (χ3n) is 3.72. The number of rotatable bonds is 3. The van der Waals surface area contributed by atoms with Crippen LogP contribution in [0.5, 0.6) is 0 Å². The van der Waals surface area contributed by atoms with Gasteiger partial charge in [0.15, 0.2) is 0 Å². The van der Waals surface area contributed by atoms with E-state index in [1.807, 2.05) is 6.92 Å². The molecule has 1 N–H and O–H groups in total. The third-order valence-corrected chi connectivity index (χ3v) is 3.72. The van der Waals surface area contributed by atoms with Crippen LogP contribution in [0.25, 0.3) is 0 Å². The smallest absolute Gasteiger partial charge is 0.282 e. The van der Waals surface area contributed by atoms with Gasteiger partial charge in [-0.3, -0.25) is 14.9 Å². The molecule has 6 nitrogen and oxygen atoms in total. The van der Waals surface area contributed by atoms with Crippen molar-refractivity contribution < 1.29 is 19.2 Å². The van der Waals surface area contributed by atoms with Gasteiger partial charge in [-0.25, -0.2) is 4.39 Å². The predicted molar refractivity (Wildman–Crippen MR) is 68.7 cm³/mol. The van der Waals surface area contributed by atoms with Crippen molar-refractivity contribution in [1.29, 1.82) is 0 Å². The number of amides is 1. The van der Waals surface area contributed by atoms with Gasteiger partial charge in [-0.15, -0.1) is 0 Å². The number of halogens is 1. The number of carbonyl (C=O) groups is 1. The fourth-order valence-corrected chi connectivity index (χ4v) is 2.53. The van der Waals surface area contributed by atoms with Crippen molar-refractivity contribution in [1.82, 2.24) is 4.90 Å². The molecule has 1 saturated heterocycles. The highest BCUT2D eigenvalue weighted by molar-refractivity contribution is 5.98. The summed E-state index contributed by atoms with van der Waals surface area (Å²) in [5.74, 6) is -1.21. The van der Waals surface area contributed by atoms with Crippen LogP contribution in [0.3, 0.4) is 0 Å². The lowest BCUT2D eigenvalue weighted by molar-refractivity contribution is -0.385. The van der Waals surface area contributed by atoms with Crippen molar-refractivity contribution in [2.75, 3.05) is 13.2 Å². The van der Waals surface area contributed by atoms with Gasteiger partial charge in [0.1, 0.15) is 11.4 Å². The molecule has 0 aromatic heterocycles. The third kappa shape index (κ3) is 2.49. The molecule has 108 valence electrons. The van der Waals surface area contributed by atoms with Crippen molar-refractivity contribution in [2.24, 2.45) is 5.92 Å². The number of hydrogen-bond donors (Lipinski definition) is 1. The fraction of sp³-hybridized carbons (Fsp3) is 0.462. The molecule has 1 aromatic carbocycles. The van der Waals surface area contributed by atoms with Crippen LogP contribution in [0.4, 0.5) is 10.1 Å². The topological polar surface area (TPSA) is 83.7 Å². The Morgan fingerprint density at radius 1 is 1.60 bits per heavy atom. The van der Waals surface area contributed by atoms with Gasteiger partial charge in [-0.2, -0.15) is 0 Å². The second-order valence-electron chi connectivity index (χ2n) is 4.93. The molecular weight excluding hydrogens is 267 g/mol. The molecule has 0 spiro atoms. The number of nitrogens with zero attached hydrogens (tertiary/aromatic N) is 2. The molecule has 0 bridgehead atoms. The Kier molecular flexibility index (Phi) is 3.99. The summed E-state index contributed by atoms with van der Waals surface area (Å²) < 4.78 is 13.3. The quantitative estimate of drug-likeness (QED) is 0.674. The maximum atomic E-state index is 13.3. The highest BCUT2D eigenvalue weighted by Gasteiger charge is 2.36. The van der Waals surface area contributed by atoms with Gasteiger partial charge in [0.05, 0.1) is 17.6 Å². The lowest BCUT2D eigenvalue weighted by Gasteiger charge is -2.25. The van der Waals surface area contributed by atoms with Crippen LogP contribution in [0, 0.1) is 21.8 Å². The lowest BCUT2D eigenvalue weighted by Crippen LogP contribution is -2.40. The van der Waals surface area contributed by atoms with Crippen LogP contribution >= 0.6 is 0 Å². The van der Waals surface area contributed by atoms with E-state index in [4.69, 9.17) is 0 Å². The molecule has 2 unspecified atom stereocenters. The first kappa shape index (κ1) is 14.4. The summed E-state index contributed by atoms with van der Waals surface area (Å²) in [6.45, 7) is 2.09. The normalized spacial score (nSPS) is 22.1. The van der Waals surface area contributed by atoms with Crippen molar-refractivity contribution in [2.45, 2.75) is 19.4 Å². The van der Waals surface area contributed by atoms with E-state index in [0.717, 1.165) is 18.2 Å². The van der Waals surface area contributed by atoms with Gasteiger partial charge >= 0.3 is 0 Å². The van der Waals surface area contributed by atoms with Crippen molar-refractivity contribution >= 4 is 11.6 Å². The average molecular weight is 282 g/mol. The molecule has 7 heteroatoms.